The molecule has 0 spiro atoms. The number of halogens is 2. The van der Waals surface area contributed by atoms with Gasteiger partial charge >= 0.3 is 0 Å². The number of methoxy groups -OCH3 is 1. The maximum absolute atomic E-state index is 13.1. The molecule has 8 nitrogen and oxygen atoms in total. The van der Waals surface area contributed by atoms with E-state index in [2.05, 4.69) is 15.8 Å². The Morgan fingerprint density at radius 3 is 2.38 bits per heavy atom. The van der Waals surface area contributed by atoms with Crippen molar-refractivity contribution in [2.75, 3.05) is 26.1 Å². The van der Waals surface area contributed by atoms with Crippen molar-refractivity contribution < 1.29 is 18.7 Å². The molecule has 0 saturated heterocycles. The SMILES string of the molecule is COc1ccc(-c2ccc(/C=N/NC(=O)/C(=C\c3ccc(N(C)C)cc3)NC(=O)c3ccccc3Cl)o2)cc1Cl. The van der Waals surface area contributed by atoms with Crippen LogP contribution in [-0.4, -0.2) is 39.2 Å². The number of amides is 2. The number of anilines is 1. The van der Waals surface area contributed by atoms with E-state index >= 15 is 0 Å². The molecule has 4 rings (SSSR count). The number of ether oxygens (including phenoxy) is 1. The zero-order valence-electron chi connectivity index (χ0n) is 21.9. The van der Waals surface area contributed by atoms with Crippen LogP contribution in [0.3, 0.4) is 0 Å². The summed E-state index contributed by atoms with van der Waals surface area (Å²) in [5, 5.41) is 7.36. The first-order chi connectivity index (χ1) is 19.2. The van der Waals surface area contributed by atoms with Gasteiger partial charge in [0.05, 0.1) is 28.9 Å². The first-order valence-electron chi connectivity index (χ1n) is 12.1. The second-order valence-electron chi connectivity index (χ2n) is 8.73. The minimum atomic E-state index is -0.637. The highest BCUT2D eigenvalue weighted by Crippen LogP contribution is 2.30. The van der Waals surface area contributed by atoms with Gasteiger partial charge in [-0.05, 0) is 66.2 Å². The molecule has 204 valence electrons. The number of nitrogens with zero attached hydrogens (tertiary/aromatic N) is 2. The predicted octanol–water partition coefficient (Wildman–Crippen LogP) is 6.25. The normalized spacial score (nSPS) is 11.4. The Hall–Kier alpha value is -4.53. The number of nitrogens with one attached hydrogen (secondary N) is 2. The van der Waals surface area contributed by atoms with Gasteiger partial charge in [0.15, 0.2) is 0 Å². The van der Waals surface area contributed by atoms with E-state index in [1.165, 1.54) is 6.21 Å². The molecular formula is C30H26Cl2N4O4. The quantitative estimate of drug-likeness (QED) is 0.139. The molecule has 0 bridgehead atoms. The molecule has 0 saturated carbocycles. The minimum Gasteiger partial charge on any atom is -0.495 e. The summed E-state index contributed by atoms with van der Waals surface area (Å²) in [6.07, 6.45) is 2.91. The summed E-state index contributed by atoms with van der Waals surface area (Å²) in [7, 11) is 5.40. The second-order valence-corrected chi connectivity index (χ2v) is 9.54. The Labute approximate surface area is 241 Å². The lowest BCUT2D eigenvalue weighted by atomic mass is 10.1. The first-order valence-corrected chi connectivity index (χ1v) is 12.8. The average Bonchev–Trinajstić information content (AvgIpc) is 3.42. The molecule has 1 heterocycles. The van der Waals surface area contributed by atoms with E-state index in [1.54, 1.807) is 61.7 Å². The van der Waals surface area contributed by atoms with E-state index < -0.39 is 11.8 Å². The smallest absolute Gasteiger partial charge is 0.287 e. The molecule has 1 aromatic heterocycles. The van der Waals surface area contributed by atoms with Gasteiger partial charge in [0.1, 0.15) is 23.0 Å². The van der Waals surface area contributed by atoms with E-state index in [9.17, 15) is 9.59 Å². The molecule has 0 fully saturated rings. The summed E-state index contributed by atoms with van der Waals surface area (Å²) >= 11 is 12.4. The topological polar surface area (TPSA) is 96.2 Å². The van der Waals surface area contributed by atoms with E-state index in [0.717, 1.165) is 11.3 Å². The Kier molecular flexibility index (Phi) is 9.27. The van der Waals surface area contributed by atoms with Gasteiger partial charge in [-0.15, -0.1) is 0 Å². The number of carbonyl (C=O) groups excluding carboxylic acids is 2. The lowest BCUT2D eigenvalue weighted by molar-refractivity contribution is -0.117. The summed E-state index contributed by atoms with van der Waals surface area (Å²) in [6.45, 7) is 0. The number of benzene rings is 3. The zero-order chi connectivity index (χ0) is 28.6. The number of hydrogen-bond acceptors (Lipinski definition) is 6. The molecule has 40 heavy (non-hydrogen) atoms. The third-order valence-corrected chi connectivity index (χ3v) is 6.38. The lowest BCUT2D eigenvalue weighted by Gasteiger charge is -2.13. The van der Waals surface area contributed by atoms with Crippen molar-refractivity contribution in [3.8, 4) is 17.1 Å². The van der Waals surface area contributed by atoms with Gasteiger partial charge in [-0.2, -0.15) is 5.10 Å². The molecule has 0 aliphatic rings. The Morgan fingerprint density at radius 1 is 0.950 bits per heavy atom. The maximum Gasteiger partial charge on any atom is 0.287 e. The predicted molar refractivity (Wildman–Crippen MR) is 159 cm³/mol. The van der Waals surface area contributed by atoms with Crippen LogP contribution in [0.15, 0.2) is 94.1 Å². The molecule has 2 N–H and O–H groups in total. The fraction of sp³-hybridized carbons (Fsp3) is 0.100. The largest absolute Gasteiger partial charge is 0.495 e. The summed E-state index contributed by atoms with van der Waals surface area (Å²) in [5.41, 5.74) is 5.09. The van der Waals surface area contributed by atoms with Crippen molar-refractivity contribution >= 4 is 53.0 Å². The Balaban J connectivity index is 1.52. The van der Waals surface area contributed by atoms with Gasteiger partial charge < -0.3 is 19.4 Å². The van der Waals surface area contributed by atoms with Crippen molar-refractivity contribution in [2.45, 2.75) is 0 Å². The number of carbonyl (C=O) groups is 2. The van der Waals surface area contributed by atoms with Crippen LogP contribution in [0.25, 0.3) is 17.4 Å². The number of rotatable bonds is 9. The van der Waals surface area contributed by atoms with E-state index in [1.807, 2.05) is 49.3 Å². The third-order valence-electron chi connectivity index (χ3n) is 5.75. The van der Waals surface area contributed by atoms with Crippen molar-refractivity contribution in [1.82, 2.24) is 10.7 Å². The summed E-state index contributed by atoms with van der Waals surface area (Å²) in [4.78, 5) is 28.0. The van der Waals surface area contributed by atoms with Gasteiger partial charge in [-0.25, -0.2) is 5.43 Å². The van der Waals surface area contributed by atoms with Gasteiger partial charge in [0.25, 0.3) is 11.8 Å². The second kappa shape index (κ2) is 13.0. The molecular weight excluding hydrogens is 551 g/mol. The van der Waals surface area contributed by atoms with Crippen LogP contribution in [0, 0.1) is 0 Å². The first kappa shape index (κ1) is 28.5. The molecule has 0 aliphatic carbocycles. The zero-order valence-corrected chi connectivity index (χ0v) is 23.5. The van der Waals surface area contributed by atoms with Crippen LogP contribution >= 0.6 is 23.2 Å². The van der Waals surface area contributed by atoms with E-state index in [4.69, 9.17) is 32.4 Å². The van der Waals surface area contributed by atoms with E-state index in [0.29, 0.717) is 27.9 Å². The van der Waals surface area contributed by atoms with Crippen LogP contribution in [0.4, 0.5) is 5.69 Å². The summed E-state index contributed by atoms with van der Waals surface area (Å²) in [6, 6.07) is 22.8. The van der Waals surface area contributed by atoms with Gasteiger partial charge in [0, 0.05) is 25.3 Å². The number of furan rings is 1. The van der Waals surface area contributed by atoms with Crippen LogP contribution in [0.1, 0.15) is 21.7 Å². The fourth-order valence-corrected chi connectivity index (χ4v) is 4.12. The molecule has 0 unspecified atom stereocenters. The van der Waals surface area contributed by atoms with Crippen LogP contribution in [0.5, 0.6) is 5.75 Å². The number of hydrogen-bond donors (Lipinski definition) is 2. The Bertz CT molecular complexity index is 1580. The van der Waals surface area contributed by atoms with Crippen molar-refractivity contribution in [2.24, 2.45) is 5.10 Å². The van der Waals surface area contributed by atoms with Crippen molar-refractivity contribution in [1.29, 1.82) is 0 Å². The van der Waals surface area contributed by atoms with E-state index in [-0.39, 0.29) is 16.3 Å². The van der Waals surface area contributed by atoms with Crippen molar-refractivity contribution in [3.05, 3.63) is 111 Å². The van der Waals surface area contributed by atoms with Gasteiger partial charge in [-0.1, -0.05) is 47.5 Å². The molecule has 4 aromatic rings. The highest BCUT2D eigenvalue weighted by atomic mass is 35.5. The monoisotopic (exact) mass is 576 g/mol. The summed E-state index contributed by atoms with van der Waals surface area (Å²) < 4.78 is 11.0. The van der Waals surface area contributed by atoms with Gasteiger partial charge in [-0.3, -0.25) is 9.59 Å². The minimum absolute atomic E-state index is 0.0207. The van der Waals surface area contributed by atoms with Crippen LogP contribution in [-0.2, 0) is 4.79 Å². The van der Waals surface area contributed by atoms with Crippen LogP contribution < -0.4 is 20.4 Å². The lowest BCUT2D eigenvalue weighted by Crippen LogP contribution is -2.33. The van der Waals surface area contributed by atoms with Gasteiger partial charge in [0.2, 0.25) is 0 Å². The molecule has 0 aliphatic heterocycles. The molecule has 10 heteroatoms. The molecule has 0 radical (unpaired) electrons. The molecule has 3 aromatic carbocycles. The average molecular weight is 577 g/mol. The standard InChI is InChI=1S/C30H26Cl2N4O4/c1-36(2)21-11-8-19(9-12-21)16-26(34-29(37)23-6-4-5-7-24(23)31)30(38)35-33-18-22-13-15-27(40-22)20-10-14-28(39-3)25(32)17-20/h4-18H,1-3H3,(H,34,37)(H,35,38)/b26-16+,33-18+. The highest BCUT2D eigenvalue weighted by molar-refractivity contribution is 6.34. The van der Waals surface area contributed by atoms with Crippen molar-refractivity contribution in [3.63, 3.8) is 0 Å². The maximum atomic E-state index is 13.1. The summed E-state index contributed by atoms with van der Waals surface area (Å²) in [5.74, 6) is 0.343. The fourth-order valence-electron chi connectivity index (χ4n) is 3.64. The van der Waals surface area contributed by atoms with Crippen LogP contribution in [0.2, 0.25) is 10.0 Å². The number of hydrazone groups is 1. The highest BCUT2D eigenvalue weighted by Gasteiger charge is 2.16. The molecule has 0 atom stereocenters. The Morgan fingerprint density at radius 2 is 1.70 bits per heavy atom. The third kappa shape index (κ3) is 7.11. The molecule has 2 amide bonds.